The number of hydrogen-bond donors (Lipinski definition) is 1. The van der Waals surface area contributed by atoms with Crippen LogP contribution in [-0.4, -0.2) is 42.4 Å². The number of nitrogens with zero attached hydrogens (tertiary/aromatic N) is 1. The molecule has 0 bridgehead atoms. The number of benzene rings is 3. The zero-order chi connectivity index (χ0) is 26.8. The molecule has 0 fully saturated rings. The van der Waals surface area contributed by atoms with E-state index in [2.05, 4.69) is 11.4 Å². The molecule has 0 aliphatic rings. The number of likely N-dealkylation sites (N-methyl/N-ethyl adjacent to an activating group) is 1. The summed E-state index contributed by atoms with van der Waals surface area (Å²) in [5.74, 6) is -1.23. The van der Waals surface area contributed by atoms with E-state index in [4.69, 9.17) is 4.74 Å². The Balaban J connectivity index is 1.84. The van der Waals surface area contributed by atoms with Gasteiger partial charge in [0.15, 0.2) is 0 Å². The first-order valence-corrected chi connectivity index (χ1v) is 13.0. The van der Waals surface area contributed by atoms with Crippen LogP contribution in [0.1, 0.15) is 44.7 Å². The van der Waals surface area contributed by atoms with E-state index in [-0.39, 0.29) is 30.8 Å². The maximum atomic E-state index is 13.6. The molecular formula is C31H38N2O4. The van der Waals surface area contributed by atoms with Gasteiger partial charge in [0.05, 0.1) is 13.0 Å². The van der Waals surface area contributed by atoms with Gasteiger partial charge >= 0.3 is 5.97 Å². The second-order valence-corrected chi connectivity index (χ2v) is 9.96. The summed E-state index contributed by atoms with van der Waals surface area (Å²) in [4.78, 5) is 40.9. The zero-order valence-electron chi connectivity index (χ0n) is 22.3. The molecule has 0 spiro atoms. The van der Waals surface area contributed by atoms with Gasteiger partial charge < -0.3 is 15.0 Å². The van der Waals surface area contributed by atoms with Crippen LogP contribution >= 0.6 is 0 Å². The van der Waals surface area contributed by atoms with Gasteiger partial charge in [-0.15, -0.1) is 0 Å². The summed E-state index contributed by atoms with van der Waals surface area (Å²) < 4.78 is 5.10. The van der Waals surface area contributed by atoms with Crippen LogP contribution in [0.3, 0.4) is 0 Å². The second-order valence-electron chi connectivity index (χ2n) is 9.96. The lowest BCUT2D eigenvalue weighted by atomic mass is 9.92. The Morgan fingerprint density at radius 3 is 2.24 bits per heavy atom. The van der Waals surface area contributed by atoms with Crippen molar-refractivity contribution in [3.05, 3.63) is 83.9 Å². The zero-order valence-corrected chi connectivity index (χ0v) is 22.3. The van der Waals surface area contributed by atoms with E-state index in [0.717, 1.165) is 21.9 Å². The van der Waals surface area contributed by atoms with Gasteiger partial charge in [0, 0.05) is 25.9 Å². The first-order chi connectivity index (χ1) is 17.8. The molecule has 0 radical (unpaired) electrons. The lowest BCUT2D eigenvalue weighted by molar-refractivity contribution is -0.147. The normalized spacial score (nSPS) is 12.7. The number of fused-ring (bicyclic) bond motifs is 1. The van der Waals surface area contributed by atoms with Gasteiger partial charge in [-0.2, -0.15) is 0 Å². The number of nitrogens with one attached hydrogen (secondary N) is 1. The third-order valence-corrected chi connectivity index (χ3v) is 6.35. The summed E-state index contributed by atoms with van der Waals surface area (Å²) in [6.45, 7) is 6.47. The first kappa shape index (κ1) is 27.9. The minimum atomic E-state index is -0.765. The molecule has 0 aliphatic heterocycles. The van der Waals surface area contributed by atoms with E-state index >= 15 is 0 Å². The largest absolute Gasteiger partial charge is 0.466 e. The summed E-state index contributed by atoms with van der Waals surface area (Å²) in [5, 5.41) is 5.19. The van der Waals surface area contributed by atoms with Gasteiger partial charge in [0.1, 0.15) is 6.04 Å². The predicted molar refractivity (Wildman–Crippen MR) is 147 cm³/mol. The van der Waals surface area contributed by atoms with Crippen molar-refractivity contribution in [2.45, 2.75) is 52.6 Å². The minimum absolute atomic E-state index is 0.00536. The van der Waals surface area contributed by atoms with Crippen molar-refractivity contribution in [2.24, 2.45) is 11.8 Å². The fourth-order valence-electron chi connectivity index (χ4n) is 4.57. The highest BCUT2D eigenvalue weighted by Crippen LogP contribution is 2.20. The molecular weight excluding hydrogens is 464 g/mol. The van der Waals surface area contributed by atoms with Gasteiger partial charge in [-0.1, -0.05) is 86.6 Å². The van der Waals surface area contributed by atoms with Crippen LogP contribution in [0.4, 0.5) is 0 Å². The maximum absolute atomic E-state index is 13.6. The number of carbonyl (C=O) groups is 3. The molecule has 0 saturated carbocycles. The SMILES string of the molecule is CCOC(=O)CC(CC(C)C)C(=O)N[C@@H](Cc1ccc2ccccc2c1)C(=O)N(C)Cc1ccccc1. The van der Waals surface area contributed by atoms with E-state index < -0.39 is 17.9 Å². The van der Waals surface area contributed by atoms with E-state index in [9.17, 15) is 14.4 Å². The van der Waals surface area contributed by atoms with Crippen molar-refractivity contribution >= 4 is 28.6 Å². The first-order valence-electron chi connectivity index (χ1n) is 13.0. The van der Waals surface area contributed by atoms with Crippen molar-refractivity contribution in [2.75, 3.05) is 13.7 Å². The molecule has 1 N–H and O–H groups in total. The van der Waals surface area contributed by atoms with Crippen LogP contribution in [0.5, 0.6) is 0 Å². The maximum Gasteiger partial charge on any atom is 0.306 e. The molecule has 6 heteroatoms. The molecule has 0 aliphatic carbocycles. The molecule has 6 nitrogen and oxygen atoms in total. The minimum Gasteiger partial charge on any atom is -0.466 e. The smallest absolute Gasteiger partial charge is 0.306 e. The molecule has 2 amide bonds. The Morgan fingerprint density at radius 1 is 0.892 bits per heavy atom. The Hall–Kier alpha value is -3.67. The molecule has 37 heavy (non-hydrogen) atoms. The monoisotopic (exact) mass is 502 g/mol. The van der Waals surface area contributed by atoms with Crippen molar-refractivity contribution < 1.29 is 19.1 Å². The number of esters is 1. The molecule has 196 valence electrons. The molecule has 3 rings (SSSR count). The average Bonchev–Trinajstić information content (AvgIpc) is 2.87. The summed E-state index contributed by atoms with van der Waals surface area (Å²) in [6.07, 6.45) is 0.873. The summed E-state index contributed by atoms with van der Waals surface area (Å²) in [5.41, 5.74) is 1.96. The molecule has 3 aromatic rings. The van der Waals surface area contributed by atoms with Crippen LogP contribution in [0.25, 0.3) is 10.8 Å². The molecule has 0 aromatic heterocycles. The highest BCUT2D eigenvalue weighted by molar-refractivity contribution is 5.90. The van der Waals surface area contributed by atoms with Crippen LogP contribution in [-0.2, 0) is 32.1 Å². The average molecular weight is 503 g/mol. The van der Waals surface area contributed by atoms with Gasteiger partial charge in [0.2, 0.25) is 11.8 Å². The number of carbonyl (C=O) groups excluding carboxylic acids is 3. The van der Waals surface area contributed by atoms with Crippen molar-refractivity contribution in [3.8, 4) is 0 Å². The van der Waals surface area contributed by atoms with E-state index in [0.29, 0.717) is 19.4 Å². The fraction of sp³-hybridized carbons (Fsp3) is 0.387. The van der Waals surface area contributed by atoms with Crippen LogP contribution in [0, 0.1) is 11.8 Å². The molecule has 3 aromatic carbocycles. The van der Waals surface area contributed by atoms with Gasteiger partial charge in [-0.05, 0) is 41.2 Å². The third-order valence-electron chi connectivity index (χ3n) is 6.35. The van der Waals surface area contributed by atoms with Gasteiger partial charge in [-0.25, -0.2) is 0 Å². The highest BCUT2D eigenvalue weighted by atomic mass is 16.5. The quantitative estimate of drug-likeness (QED) is 0.348. The number of ether oxygens (including phenoxy) is 1. The Bertz CT molecular complexity index is 1190. The van der Waals surface area contributed by atoms with Crippen LogP contribution in [0.15, 0.2) is 72.8 Å². The van der Waals surface area contributed by atoms with E-state index in [1.807, 2.05) is 80.6 Å². The van der Waals surface area contributed by atoms with Crippen LogP contribution in [0.2, 0.25) is 0 Å². The molecule has 2 atom stereocenters. The Kier molecular flexibility index (Phi) is 10.2. The Labute approximate surface area is 220 Å². The lowest BCUT2D eigenvalue weighted by Crippen LogP contribution is -2.50. The highest BCUT2D eigenvalue weighted by Gasteiger charge is 2.30. The topological polar surface area (TPSA) is 75.7 Å². The summed E-state index contributed by atoms with van der Waals surface area (Å²) >= 11 is 0. The summed E-state index contributed by atoms with van der Waals surface area (Å²) in [7, 11) is 1.75. The van der Waals surface area contributed by atoms with Crippen molar-refractivity contribution in [3.63, 3.8) is 0 Å². The van der Waals surface area contributed by atoms with E-state index in [1.54, 1.807) is 18.9 Å². The standard InChI is InChI=1S/C31H38N2O4/c1-5-37-29(34)20-27(17-22(2)3)30(35)32-28(31(36)33(4)21-23-11-7-6-8-12-23)19-24-15-16-25-13-9-10-14-26(25)18-24/h6-16,18,22,27-28H,5,17,19-21H2,1-4H3,(H,32,35)/t27?,28-/m0/s1. The number of rotatable bonds is 12. The fourth-order valence-corrected chi connectivity index (χ4v) is 4.57. The van der Waals surface area contributed by atoms with Gasteiger partial charge in [-0.3, -0.25) is 14.4 Å². The van der Waals surface area contributed by atoms with Crippen molar-refractivity contribution in [1.29, 1.82) is 0 Å². The molecule has 0 saturated heterocycles. The second kappa shape index (κ2) is 13.6. The predicted octanol–water partition coefficient (Wildman–Crippen LogP) is 5.14. The van der Waals surface area contributed by atoms with Crippen molar-refractivity contribution in [1.82, 2.24) is 10.2 Å². The summed E-state index contributed by atoms with van der Waals surface area (Å²) in [6, 6.07) is 23.1. The van der Waals surface area contributed by atoms with E-state index in [1.165, 1.54) is 0 Å². The lowest BCUT2D eigenvalue weighted by Gasteiger charge is -2.27. The molecule has 1 unspecified atom stereocenters. The molecule has 0 heterocycles. The number of hydrogen-bond acceptors (Lipinski definition) is 4. The number of amides is 2. The van der Waals surface area contributed by atoms with Gasteiger partial charge in [0.25, 0.3) is 0 Å². The Morgan fingerprint density at radius 2 is 1.57 bits per heavy atom. The third kappa shape index (κ3) is 8.45. The van der Waals surface area contributed by atoms with Crippen LogP contribution < -0.4 is 5.32 Å².